The van der Waals surface area contributed by atoms with Crippen molar-refractivity contribution in [3.8, 4) is 0 Å². The van der Waals surface area contributed by atoms with E-state index >= 15 is 0 Å². The Morgan fingerprint density at radius 2 is 0.375 bits per heavy atom. The third kappa shape index (κ3) is 136. The first-order valence-corrected chi connectivity index (χ1v) is 0. The summed E-state index contributed by atoms with van der Waals surface area (Å²) in [6.07, 6.45) is 0. The molecule has 16 heavy (non-hydrogen) atoms. The molecule has 0 saturated heterocycles. The van der Waals surface area contributed by atoms with E-state index in [1.807, 2.05) is 0 Å². The molecule has 0 aromatic heterocycles. The standard InChI is InChI=1S/3Be.3BrH.2Ca.3ClH.2HI.3Mg.16H/h;;;3*1H;;;5*1H;;;;;;;;;;;;;;;;;;;. The maximum Gasteiger partial charge on any atom is 0.316 e. The van der Waals surface area contributed by atoms with Crippen LogP contribution in [0.25, 0.3) is 0 Å². The molecule has 0 aliphatic carbocycles. The Balaban J connectivity index is 0. The summed E-state index contributed by atoms with van der Waals surface area (Å²) in [6.45, 7) is 0. The molecule has 0 saturated carbocycles. The monoisotopic (exact) mass is 799 g/mol. The predicted molar refractivity (Wildman–Crippen MR) is 152 cm³/mol. The quantitative estimate of drug-likeness (QED) is 0.180. The van der Waals surface area contributed by atoms with Gasteiger partial charge in [-0.25, -0.2) is 0 Å². The van der Waals surface area contributed by atoms with Crippen LogP contribution in [0.3, 0.4) is 0 Å². The Bertz CT molecular complexity index is 41.0. The smallest absolute Gasteiger partial charge is 0.316 e. The van der Waals surface area contributed by atoms with E-state index in [0.717, 1.165) is 0 Å². The van der Waals surface area contributed by atoms with E-state index in [9.17, 15) is 0 Å². The van der Waals surface area contributed by atoms with E-state index in [1.54, 1.807) is 0 Å². The van der Waals surface area contributed by atoms with Crippen molar-refractivity contribution >= 4 is 311 Å². The number of hydrogen-bond acceptors (Lipinski definition) is 0. The van der Waals surface area contributed by atoms with Crippen LogP contribution in [-0.2, 0) is 0 Å². The molecule has 16 heteroatoms. The molecule has 0 heterocycles. The van der Waals surface area contributed by atoms with Crippen molar-refractivity contribution in [3.63, 3.8) is 0 Å². The van der Waals surface area contributed by atoms with E-state index in [0.29, 0.717) is 0 Å². The SMILES string of the molecule is Br.Br.Br.Cl.Cl.Cl.I.I.[BeH2].[BeH2].[BeH2].[CaH2].[CaH2].[MgH2].[MgH2].[MgH2]. The summed E-state index contributed by atoms with van der Waals surface area (Å²) in [6, 6.07) is 0. The van der Waals surface area contributed by atoms with Crippen LogP contribution in [0.5, 0.6) is 0 Å². The largest absolute Gasteiger partial charge is 0.316 e. The molecule has 0 aliphatic rings. The van der Waals surface area contributed by atoms with Crippen molar-refractivity contribution in [2.24, 2.45) is 0 Å². The third-order valence-corrected chi connectivity index (χ3v) is 0. The Morgan fingerprint density at radius 1 is 0.375 bits per heavy atom. The van der Waals surface area contributed by atoms with E-state index in [4.69, 9.17) is 0 Å². The molecule has 0 nitrogen and oxygen atoms in total. The van der Waals surface area contributed by atoms with Gasteiger partial charge in [0.2, 0.25) is 0 Å². The molecule has 0 rings (SSSR count). The van der Waals surface area contributed by atoms with Gasteiger partial charge in [0.15, 0.2) is 0 Å². The van der Waals surface area contributed by atoms with Crippen molar-refractivity contribution in [1.29, 1.82) is 0 Å². The summed E-state index contributed by atoms with van der Waals surface area (Å²) in [7, 11) is 0. The maximum absolute atomic E-state index is 0. The summed E-state index contributed by atoms with van der Waals surface area (Å²) in [5.74, 6) is 0. The maximum atomic E-state index is 0. The molecule has 0 radical (unpaired) electrons. The topological polar surface area (TPSA) is 0 Å². The fraction of sp³-hybridized carbons (Fsp3) is 0. The van der Waals surface area contributed by atoms with E-state index in [-0.39, 0.29) is 311 Å². The van der Waals surface area contributed by atoms with E-state index in [1.165, 1.54) is 0 Å². The van der Waals surface area contributed by atoms with Crippen LogP contribution in [0.2, 0.25) is 0 Å². The molecule has 0 N–H and O–H groups in total. The molecular weight excluding hydrogens is 780 g/mol. The van der Waals surface area contributed by atoms with Crippen molar-refractivity contribution in [2.75, 3.05) is 0 Å². The van der Waals surface area contributed by atoms with Gasteiger partial charge in [-0.1, -0.05) is 0 Å². The van der Waals surface area contributed by atoms with Gasteiger partial charge in [-0.15, -0.1) is 136 Å². The zero-order valence-electron chi connectivity index (χ0n) is 3.27. The number of halogens is 8. The Labute approximate surface area is 303 Å². The molecule has 0 unspecified atom stereocenters. The Kier molecular flexibility index (Phi) is 1710. The first-order chi connectivity index (χ1) is 0. The Hall–Kier alpha value is 9.09. The first-order valence-electron chi connectivity index (χ1n) is 0. The summed E-state index contributed by atoms with van der Waals surface area (Å²) in [5.41, 5.74) is 0. The van der Waals surface area contributed by atoms with E-state index < -0.39 is 0 Å². The molecule has 96 valence electrons. The van der Waals surface area contributed by atoms with Crippen LogP contribution in [0, 0.1) is 0 Å². The molecule has 0 aromatic rings. The third-order valence-electron chi connectivity index (χ3n) is 0. The minimum Gasteiger partial charge on any atom is 0.316 e. The van der Waals surface area contributed by atoms with Crippen molar-refractivity contribution in [3.05, 3.63) is 0 Å². The van der Waals surface area contributed by atoms with Gasteiger partial charge in [-0.2, -0.15) is 0 Å². The molecule has 0 aromatic carbocycles. The summed E-state index contributed by atoms with van der Waals surface area (Å²) < 4.78 is 0. The second kappa shape index (κ2) is 155. The van der Waals surface area contributed by atoms with E-state index in [2.05, 4.69) is 0 Å². The summed E-state index contributed by atoms with van der Waals surface area (Å²) in [4.78, 5) is 0. The molecule has 0 atom stereocenters. The Morgan fingerprint density at radius 3 is 0.375 bits per heavy atom. The van der Waals surface area contributed by atoms with Crippen LogP contribution in [0.4, 0.5) is 0 Å². The molecular formula is H24Be3Br3Ca2Cl3I2Mg3. The normalized spacial score (nSPS) is 0. The summed E-state index contributed by atoms with van der Waals surface area (Å²) in [5, 5.41) is 0. The zero-order valence-corrected chi connectivity index (χ0v) is 15.5. The molecule has 0 fully saturated rings. The van der Waals surface area contributed by atoms with Crippen LogP contribution >= 0.6 is 136 Å². The fourth-order valence-electron chi connectivity index (χ4n) is 0. The second-order valence-corrected chi connectivity index (χ2v) is 0. The van der Waals surface area contributed by atoms with Crippen LogP contribution in [0.1, 0.15) is 0 Å². The average Bonchev–Trinajstić information content (AvgIpc) is 0. The summed E-state index contributed by atoms with van der Waals surface area (Å²) >= 11 is 0. The van der Waals surface area contributed by atoms with Crippen molar-refractivity contribution in [2.45, 2.75) is 0 Å². The van der Waals surface area contributed by atoms with Crippen LogP contribution in [-0.4, -0.2) is 175 Å². The molecule has 0 spiro atoms. The van der Waals surface area contributed by atoms with Gasteiger partial charge in [-0.05, 0) is 0 Å². The number of rotatable bonds is 0. The molecule has 0 amide bonds. The first kappa shape index (κ1) is 176. The number of hydrogen-bond donors (Lipinski definition) is 0. The van der Waals surface area contributed by atoms with Gasteiger partial charge >= 0.3 is 175 Å². The van der Waals surface area contributed by atoms with Crippen LogP contribution < -0.4 is 0 Å². The minimum atomic E-state index is 0. The molecule has 0 bridgehead atoms. The predicted octanol–water partition coefficient (Wildman–Crippen LogP) is -3.09. The van der Waals surface area contributed by atoms with Gasteiger partial charge in [0.25, 0.3) is 0 Å². The molecule has 0 aliphatic heterocycles. The van der Waals surface area contributed by atoms with Gasteiger partial charge in [0, 0.05) is 0 Å². The zero-order chi connectivity index (χ0) is 0. The average molecular weight is 804 g/mol. The van der Waals surface area contributed by atoms with Gasteiger partial charge in [0.05, 0.1) is 0 Å². The van der Waals surface area contributed by atoms with Gasteiger partial charge in [0.1, 0.15) is 0 Å². The van der Waals surface area contributed by atoms with Crippen molar-refractivity contribution in [1.82, 2.24) is 0 Å². The van der Waals surface area contributed by atoms with Gasteiger partial charge < -0.3 is 0 Å². The second-order valence-electron chi connectivity index (χ2n) is 0. The van der Waals surface area contributed by atoms with Gasteiger partial charge in [-0.3, -0.25) is 0 Å². The fourth-order valence-corrected chi connectivity index (χ4v) is 0. The minimum absolute atomic E-state index is 0. The van der Waals surface area contributed by atoms with Crippen molar-refractivity contribution < 1.29 is 0 Å². The van der Waals surface area contributed by atoms with Crippen LogP contribution in [0.15, 0.2) is 0 Å².